The number of hydrogen-bond donors (Lipinski definition) is 1. The highest BCUT2D eigenvalue weighted by atomic mass is 32.1. The van der Waals surface area contributed by atoms with Crippen LogP contribution in [-0.2, 0) is 4.79 Å². The topological polar surface area (TPSA) is 62.5 Å². The fourth-order valence-electron chi connectivity index (χ4n) is 3.14. The van der Waals surface area contributed by atoms with Crippen LogP contribution in [0.2, 0.25) is 0 Å². The zero-order chi connectivity index (χ0) is 17.2. The number of aromatic nitrogens is 3. The third-order valence-corrected chi connectivity index (χ3v) is 5.34. The number of carbonyl (C=O) groups excluding carboxylic acids is 1. The summed E-state index contributed by atoms with van der Waals surface area (Å²) in [5.41, 5.74) is 1.98. The first-order valence-corrected chi connectivity index (χ1v) is 9.49. The summed E-state index contributed by atoms with van der Waals surface area (Å²) < 4.78 is 1.77. The van der Waals surface area contributed by atoms with Gasteiger partial charge in [-0.3, -0.25) is 4.79 Å². The largest absolute Gasteiger partial charge is 0.349 e. The van der Waals surface area contributed by atoms with Gasteiger partial charge in [-0.1, -0.05) is 41.7 Å². The van der Waals surface area contributed by atoms with Crippen LogP contribution in [0.4, 0.5) is 5.13 Å². The molecule has 1 aliphatic heterocycles. The van der Waals surface area contributed by atoms with Gasteiger partial charge in [0.25, 0.3) is 0 Å². The molecule has 0 spiro atoms. The molecule has 0 saturated carbocycles. The number of piperidine rings is 1. The van der Waals surface area contributed by atoms with Gasteiger partial charge in [-0.25, -0.2) is 9.50 Å². The van der Waals surface area contributed by atoms with Crippen LogP contribution in [0.5, 0.6) is 0 Å². The highest BCUT2D eigenvalue weighted by Gasteiger charge is 2.23. The summed E-state index contributed by atoms with van der Waals surface area (Å²) in [7, 11) is 0. The number of rotatable bonds is 4. The molecule has 1 atom stereocenters. The predicted molar refractivity (Wildman–Crippen MR) is 99.8 cm³/mol. The lowest BCUT2D eigenvalue weighted by Crippen LogP contribution is -2.43. The van der Waals surface area contributed by atoms with E-state index in [1.807, 2.05) is 48.4 Å². The number of nitrogens with one attached hydrogen (secondary N) is 1. The van der Waals surface area contributed by atoms with Crippen molar-refractivity contribution in [2.75, 3.05) is 18.4 Å². The first kappa shape index (κ1) is 16.1. The molecule has 0 aliphatic carbocycles. The minimum atomic E-state index is -0.275. The number of benzene rings is 1. The third kappa shape index (κ3) is 3.37. The summed E-state index contributed by atoms with van der Waals surface area (Å²) in [6, 6.07) is 9.77. The van der Waals surface area contributed by atoms with E-state index in [1.165, 1.54) is 17.8 Å². The van der Waals surface area contributed by atoms with E-state index in [2.05, 4.69) is 15.4 Å². The van der Waals surface area contributed by atoms with E-state index >= 15 is 0 Å². The van der Waals surface area contributed by atoms with Gasteiger partial charge in [-0.2, -0.15) is 0 Å². The summed E-state index contributed by atoms with van der Waals surface area (Å²) in [6.45, 7) is 3.63. The number of hydrogen-bond acceptors (Lipinski definition) is 5. The normalized spacial score (nSPS) is 16.1. The second kappa shape index (κ2) is 6.84. The van der Waals surface area contributed by atoms with Gasteiger partial charge < -0.3 is 10.2 Å². The fourth-order valence-corrected chi connectivity index (χ4v) is 4.01. The molecule has 1 N–H and O–H groups in total. The van der Waals surface area contributed by atoms with Crippen molar-refractivity contribution < 1.29 is 4.79 Å². The summed E-state index contributed by atoms with van der Waals surface area (Å²) >= 11 is 1.46. The lowest BCUT2D eigenvalue weighted by molar-refractivity contribution is -0.132. The molecule has 1 aromatic carbocycles. The molecule has 0 radical (unpaired) electrons. The number of amides is 1. The average Bonchev–Trinajstić information content (AvgIpc) is 3.21. The number of anilines is 1. The molecule has 1 fully saturated rings. The Hall–Kier alpha value is -2.41. The van der Waals surface area contributed by atoms with Gasteiger partial charge in [-0.15, -0.1) is 5.10 Å². The van der Waals surface area contributed by atoms with Crippen LogP contribution in [0.1, 0.15) is 26.2 Å². The molecule has 0 bridgehead atoms. The Kier molecular flexibility index (Phi) is 4.40. The van der Waals surface area contributed by atoms with Crippen LogP contribution in [-0.4, -0.2) is 44.5 Å². The van der Waals surface area contributed by atoms with Crippen molar-refractivity contribution in [2.45, 2.75) is 32.2 Å². The molecular formula is C18H21N5OS. The molecular weight excluding hydrogens is 334 g/mol. The SMILES string of the molecule is CC(Nc1nn2cc(-c3ccccc3)nc2s1)C(=O)N1CCCCC1. The van der Waals surface area contributed by atoms with E-state index in [-0.39, 0.29) is 11.9 Å². The Morgan fingerprint density at radius 2 is 1.96 bits per heavy atom. The summed E-state index contributed by atoms with van der Waals surface area (Å²) in [4.78, 5) is 19.9. The molecule has 4 rings (SSSR count). The van der Waals surface area contributed by atoms with E-state index in [1.54, 1.807) is 4.52 Å². The maximum absolute atomic E-state index is 12.5. The Morgan fingerprint density at radius 1 is 1.20 bits per heavy atom. The summed E-state index contributed by atoms with van der Waals surface area (Å²) in [6.07, 6.45) is 5.35. The van der Waals surface area contributed by atoms with Crippen LogP contribution in [0, 0.1) is 0 Å². The molecule has 25 heavy (non-hydrogen) atoms. The Balaban J connectivity index is 1.47. The molecule has 1 unspecified atom stereocenters. The highest BCUT2D eigenvalue weighted by molar-refractivity contribution is 7.20. The summed E-state index contributed by atoms with van der Waals surface area (Å²) in [5, 5.41) is 8.47. The van der Waals surface area contributed by atoms with E-state index in [9.17, 15) is 4.79 Å². The zero-order valence-corrected chi connectivity index (χ0v) is 15.0. The van der Waals surface area contributed by atoms with Gasteiger partial charge in [0.2, 0.25) is 16.0 Å². The number of imidazole rings is 1. The van der Waals surface area contributed by atoms with Crippen molar-refractivity contribution in [3.63, 3.8) is 0 Å². The smallest absolute Gasteiger partial charge is 0.244 e. The monoisotopic (exact) mass is 355 g/mol. The van der Waals surface area contributed by atoms with E-state index in [0.717, 1.165) is 47.3 Å². The first-order valence-electron chi connectivity index (χ1n) is 8.68. The molecule has 1 aliphatic rings. The lowest BCUT2D eigenvalue weighted by Gasteiger charge is -2.29. The van der Waals surface area contributed by atoms with Crippen LogP contribution in [0.15, 0.2) is 36.5 Å². The number of nitrogens with zero attached hydrogens (tertiary/aromatic N) is 4. The predicted octanol–water partition coefficient (Wildman–Crippen LogP) is 3.27. The van der Waals surface area contributed by atoms with Gasteiger partial charge in [0.1, 0.15) is 6.04 Å². The van der Waals surface area contributed by atoms with Crippen molar-refractivity contribution in [1.82, 2.24) is 19.5 Å². The third-order valence-electron chi connectivity index (χ3n) is 4.49. The summed E-state index contributed by atoms with van der Waals surface area (Å²) in [5.74, 6) is 0.150. The molecule has 3 aromatic rings. The Bertz CT molecular complexity index is 835. The number of carbonyl (C=O) groups is 1. The second-order valence-corrected chi connectivity index (χ2v) is 7.33. The van der Waals surface area contributed by atoms with Crippen molar-refractivity contribution >= 4 is 27.3 Å². The molecule has 3 heterocycles. The van der Waals surface area contributed by atoms with Crippen molar-refractivity contribution in [3.8, 4) is 11.3 Å². The standard InChI is InChI=1S/C18H21N5OS/c1-13(16(24)22-10-6-3-7-11-22)19-17-21-23-12-15(20-18(23)25-17)14-8-4-2-5-9-14/h2,4-5,8-9,12-13H,3,6-7,10-11H2,1H3,(H,19,21). The van der Waals surface area contributed by atoms with E-state index in [0.29, 0.717) is 0 Å². The van der Waals surface area contributed by atoms with Crippen LogP contribution >= 0.6 is 11.3 Å². The molecule has 130 valence electrons. The van der Waals surface area contributed by atoms with Gasteiger partial charge in [0.15, 0.2) is 0 Å². The quantitative estimate of drug-likeness (QED) is 0.780. The zero-order valence-electron chi connectivity index (χ0n) is 14.2. The van der Waals surface area contributed by atoms with E-state index in [4.69, 9.17) is 0 Å². The molecule has 6 nitrogen and oxygen atoms in total. The highest BCUT2D eigenvalue weighted by Crippen LogP contribution is 2.25. The number of likely N-dealkylation sites (tertiary alicyclic amines) is 1. The molecule has 1 saturated heterocycles. The van der Waals surface area contributed by atoms with Crippen molar-refractivity contribution in [1.29, 1.82) is 0 Å². The molecule has 7 heteroatoms. The first-order chi connectivity index (χ1) is 12.2. The average molecular weight is 355 g/mol. The van der Waals surface area contributed by atoms with Crippen LogP contribution in [0.25, 0.3) is 16.2 Å². The second-order valence-electron chi connectivity index (χ2n) is 6.38. The maximum Gasteiger partial charge on any atom is 0.244 e. The minimum absolute atomic E-state index is 0.150. The minimum Gasteiger partial charge on any atom is -0.349 e. The van der Waals surface area contributed by atoms with Crippen LogP contribution in [0.3, 0.4) is 0 Å². The van der Waals surface area contributed by atoms with Crippen LogP contribution < -0.4 is 5.32 Å². The van der Waals surface area contributed by atoms with Gasteiger partial charge in [-0.05, 0) is 26.2 Å². The van der Waals surface area contributed by atoms with Gasteiger partial charge >= 0.3 is 0 Å². The van der Waals surface area contributed by atoms with Crippen molar-refractivity contribution in [3.05, 3.63) is 36.5 Å². The fraction of sp³-hybridized carbons (Fsp3) is 0.389. The van der Waals surface area contributed by atoms with Crippen molar-refractivity contribution in [2.24, 2.45) is 0 Å². The number of fused-ring (bicyclic) bond motifs is 1. The Morgan fingerprint density at radius 3 is 2.68 bits per heavy atom. The Labute approximate surface area is 150 Å². The maximum atomic E-state index is 12.5. The molecule has 1 amide bonds. The van der Waals surface area contributed by atoms with Gasteiger partial charge in [0, 0.05) is 18.7 Å². The van der Waals surface area contributed by atoms with Gasteiger partial charge in [0.05, 0.1) is 11.9 Å². The van der Waals surface area contributed by atoms with E-state index < -0.39 is 0 Å². The molecule has 2 aromatic heterocycles. The lowest BCUT2D eigenvalue weighted by atomic mass is 10.1.